The number of ether oxygens (including phenoxy) is 2. The highest BCUT2D eigenvalue weighted by molar-refractivity contribution is 8.16. The summed E-state index contributed by atoms with van der Waals surface area (Å²) >= 11 is 7.59. The number of benzene rings is 1. The van der Waals surface area contributed by atoms with E-state index in [0.717, 1.165) is 0 Å². The molecule has 10 heteroatoms. The number of amides is 1. The SMILES string of the molecule is CCC(=O)N=C1SC2CS(=O)(=O)CC2N1c1cc(Cl)c(OC)cc1OC. The van der Waals surface area contributed by atoms with Gasteiger partial charge in [0.25, 0.3) is 0 Å². The van der Waals surface area contributed by atoms with Gasteiger partial charge in [-0.2, -0.15) is 4.99 Å². The Morgan fingerprint density at radius 3 is 2.62 bits per heavy atom. The summed E-state index contributed by atoms with van der Waals surface area (Å²) in [5.74, 6) is 0.700. The van der Waals surface area contributed by atoms with E-state index in [-0.39, 0.29) is 35.1 Å². The van der Waals surface area contributed by atoms with Crippen molar-refractivity contribution in [3.05, 3.63) is 17.2 Å². The van der Waals surface area contributed by atoms with E-state index < -0.39 is 9.84 Å². The van der Waals surface area contributed by atoms with Gasteiger partial charge in [-0.05, 0) is 6.07 Å². The van der Waals surface area contributed by atoms with Gasteiger partial charge >= 0.3 is 0 Å². The first-order valence-electron chi connectivity index (χ1n) is 7.99. The second-order valence-corrected chi connectivity index (χ2v) is 9.74. The summed E-state index contributed by atoms with van der Waals surface area (Å²) in [5, 5.41) is 0.647. The average Bonchev–Trinajstić information content (AvgIpc) is 3.05. The molecule has 2 aliphatic rings. The summed E-state index contributed by atoms with van der Waals surface area (Å²) < 4.78 is 34.9. The quantitative estimate of drug-likeness (QED) is 0.741. The summed E-state index contributed by atoms with van der Waals surface area (Å²) in [6.07, 6.45) is 0.270. The van der Waals surface area contributed by atoms with Gasteiger partial charge in [0.15, 0.2) is 15.0 Å². The Morgan fingerprint density at radius 1 is 1.31 bits per heavy atom. The standard InChI is InChI=1S/C16H19ClN2O5S2/c1-4-15(20)18-16-19(11-7-26(21,22)8-14(11)25-16)10-5-9(17)12(23-2)6-13(10)24-3/h5-6,11,14H,4,7-8H2,1-3H3. The zero-order chi connectivity index (χ0) is 19.1. The molecule has 3 rings (SSSR count). The maximum Gasteiger partial charge on any atom is 0.247 e. The number of methoxy groups -OCH3 is 2. The minimum absolute atomic E-state index is 0.00317. The van der Waals surface area contributed by atoms with Crippen LogP contribution >= 0.6 is 23.4 Å². The van der Waals surface area contributed by atoms with Gasteiger partial charge < -0.3 is 14.4 Å². The summed E-state index contributed by atoms with van der Waals surface area (Å²) in [6, 6.07) is 2.96. The van der Waals surface area contributed by atoms with Crippen molar-refractivity contribution in [1.82, 2.24) is 0 Å². The summed E-state index contributed by atoms with van der Waals surface area (Å²) in [5.41, 5.74) is 0.568. The predicted octanol–water partition coefficient (Wildman–Crippen LogP) is 2.37. The molecule has 2 heterocycles. The molecule has 0 radical (unpaired) electrons. The third-order valence-corrected chi connectivity index (χ3v) is 7.81. The number of sulfone groups is 1. The van der Waals surface area contributed by atoms with E-state index in [1.165, 1.54) is 26.0 Å². The number of rotatable bonds is 4. The summed E-state index contributed by atoms with van der Waals surface area (Å²) in [7, 11) is -0.143. The van der Waals surface area contributed by atoms with Gasteiger partial charge in [-0.15, -0.1) is 0 Å². The maximum absolute atomic E-state index is 12.1. The first kappa shape index (κ1) is 19.3. The van der Waals surface area contributed by atoms with Crippen LogP contribution in [0.5, 0.6) is 11.5 Å². The fraction of sp³-hybridized carbons (Fsp3) is 0.500. The molecular formula is C16H19ClN2O5S2. The van der Waals surface area contributed by atoms with Crippen LogP contribution in [0, 0.1) is 0 Å². The average molecular weight is 419 g/mol. The van der Waals surface area contributed by atoms with Crippen LogP contribution in [0.3, 0.4) is 0 Å². The fourth-order valence-electron chi connectivity index (χ4n) is 3.06. The van der Waals surface area contributed by atoms with E-state index in [9.17, 15) is 13.2 Å². The van der Waals surface area contributed by atoms with Gasteiger partial charge in [0.05, 0.1) is 42.5 Å². The van der Waals surface area contributed by atoms with Crippen LogP contribution in [0.25, 0.3) is 0 Å². The Hall–Kier alpha value is -1.45. The first-order valence-corrected chi connectivity index (χ1v) is 11.1. The van der Waals surface area contributed by atoms with E-state index in [2.05, 4.69) is 4.99 Å². The smallest absolute Gasteiger partial charge is 0.247 e. The molecule has 1 amide bonds. The number of nitrogens with zero attached hydrogens (tertiary/aromatic N) is 2. The molecule has 0 aliphatic carbocycles. The zero-order valence-electron chi connectivity index (χ0n) is 14.6. The number of carbonyl (C=O) groups excluding carboxylic acids is 1. The molecule has 0 spiro atoms. The highest BCUT2D eigenvalue weighted by Gasteiger charge is 2.50. The Morgan fingerprint density at radius 2 is 2.00 bits per heavy atom. The lowest BCUT2D eigenvalue weighted by molar-refractivity contribution is -0.117. The lowest BCUT2D eigenvalue weighted by Gasteiger charge is -2.26. The van der Waals surface area contributed by atoms with E-state index in [1.807, 2.05) is 0 Å². The van der Waals surface area contributed by atoms with Gasteiger partial charge in [0, 0.05) is 17.7 Å². The van der Waals surface area contributed by atoms with Crippen LogP contribution in [0.1, 0.15) is 13.3 Å². The molecule has 7 nitrogen and oxygen atoms in total. The lowest BCUT2D eigenvalue weighted by Crippen LogP contribution is -2.38. The third-order valence-electron chi connectivity index (χ3n) is 4.30. The van der Waals surface area contributed by atoms with Crippen LogP contribution in [-0.4, -0.2) is 56.5 Å². The highest BCUT2D eigenvalue weighted by Crippen LogP contribution is 2.46. The van der Waals surface area contributed by atoms with Crippen LogP contribution in [0.4, 0.5) is 5.69 Å². The number of anilines is 1. The lowest BCUT2D eigenvalue weighted by atomic mass is 10.2. The molecule has 2 fully saturated rings. The number of carbonyl (C=O) groups is 1. The third kappa shape index (κ3) is 3.52. The summed E-state index contributed by atoms with van der Waals surface area (Å²) in [6.45, 7) is 1.73. The Bertz CT molecular complexity index is 872. The number of fused-ring (bicyclic) bond motifs is 1. The van der Waals surface area contributed by atoms with E-state index in [1.54, 1.807) is 24.0 Å². The molecule has 142 valence electrons. The van der Waals surface area contributed by atoms with Crippen molar-refractivity contribution in [2.24, 2.45) is 4.99 Å². The molecular weight excluding hydrogens is 400 g/mol. The fourth-order valence-corrected chi connectivity index (χ4v) is 7.22. The molecule has 1 aromatic carbocycles. The largest absolute Gasteiger partial charge is 0.495 e. The van der Waals surface area contributed by atoms with Crippen molar-refractivity contribution in [3.8, 4) is 11.5 Å². The van der Waals surface area contributed by atoms with Gasteiger partial charge in [-0.25, -0.2) is 8.42 Å². The van der Waals surface area contributed by atoms with Gasteiger partial charge in [0.2, 0.25) is 5.91 Å². The molecule has 0 N–H and O–H groups in total. The molecule has 2 atom stereocenters. The van der Waals surface area contributed by atoms with Crippen LogP contribution in [-0.2, 0) is 14.6 Å². The van der Waals surface area contributed by atoms with Crippen LogP contribution < -0.4 is 14.4 Å². The highest BCUT2D eigenvalue weighted by atomic mass is 35.5. The van der Waals surface area contributed by atoms with Crippen molar-refractivity contribution in [3.63, 3.8) is 0 Å². The van der Waals surface area contributed by atoms with Crippen LogP contribution in [0.2, 0.25) is 5.02 Å². The van der Waals surface area contributed by atoms with Crippen molar-refractivity contribution in [2.45, 2.75) is 24.6 Å². The second kappa shape index (κ2) is 7.28. The van der Waals surface area contributed by atoms with E-state index in [4.69, 9.17) is 21.1 Å². The topological polar surface area (TPSA) is 85.3 Å². The van der Waals surface area contributed by atoms with Gasteiger partial charge in [0.1, 0.15) is 11.5 Å². The first-order chi connectivity index (χ1) is 12.3. The molecule has 2 saturated heterocycles. The number of hydrogen-bond donors (Lipinski definition) is 0. The number of thioether (sulfide) groups is 1. The second-order valence-electron chi connectivity index (χ2n) is 5.97. The van der Waals surface area contributed by atoms with Crippen molar-refractivity contribution < 1.29 is 22.7 Å². The van der Waals surface area contributed by atoms with Crippen LogP contribution in [0.15, 0.2) is 17.1 Å². The number of hydrogen-bond acceptors (Lipinski definition) is 6. The van der Waals surface area contributed by atoms with Crippen molar-refractivity contribution >= 4 is 50.0 Å². The minimum atomic E-state index is -3.15. The molecule has 0 aromatic heterocycles. The van der Waals surface area contributed by atoms with Crippen molar-refractivity contribution in [2.75, 3.05) is 30.6 Å². The number of amidine groups is 1. The molecule has 0 saturated carbocycles. The Kier molecular flexibility index (Phi) is 5.41. The van der Waals surface area contributed by atoms with Gasteiger partial charge in [-0.1, -0.05) is 30.3 Å². The normalized spacial score (nSPS) is 25.4. The van der Waals surface area contributed by atoms with E-state index in [0.29, 0.717) is 27.4 Å². The molecule has 2 aliphatic heterocycles. The Balaban J connectivity index is 2.13. The molecule has 26 heavy (non-hydrogen) atoms. The number of aliphatic imine (C=N–C) groups is 1. The zero-order valence-corrected chi connectivity index (χ0v) is 16.9. The summed E-state index contributed by atoms with van der Waals surface area (Å²) in [4.78, 5) is 17.8. The van der Waals surface area contributed by atoms with Crippen molar-refractivity contribution in [1.29, 1.82) is 0 Å². The minimum Gasteiger partial charge on any atom is -0.495 e. The maximum atomic E-state index is 12.1. The van der Waals surface area contributed by atoms with E-state index >= 15 is 0 Å². The molecule has 2 unspecified atom stereocenters. The predicted molar refractivity (Wildman–Crippen MR) is 104 cm³/mol. The molecule has 0 bridgehead atoms. The number of halogens is 1. The van der Waals surface area contributed by atoms with Gasteiger partial charge in [-0.3, -0.25) is 4.79 Å². The monoisotopic (exact) mass is 418 g/mol. The Labute approximate surface area is 161 Å². The molecule has 1 aromatic rings.